The van der Waals surface area contributed by atoms with Crippen molar-refractivity contribution in [1.29, 1.82) is 0 Å². The van der Waals surface area contributed by atoms with E-state index in [0.717, 1.165) is 12.1 Å². The highest BCUT2D eigenvalue weighted by atomic mass is 35.5. The number of rotatable bonds is 2. The molecule has 1 amide bonds. The molecule has 0 fully saturated rings. The standard InChI is InChI=1S/C12H8ClF3N2OS/c1-6-10(17-5-20-6)11(19)18-9-3-2-7(13)4-8(9)12(14,15)16/h2-5H,1H3,(H,18,19). The van der Waals surface area contributed by atoms with E-state index in [1.807, 2.05) is 0 Å². The van der Waals surface area contributed by atoms with Crippen molar-refractivity contribution in [2.45, 2.75) is 13.1 Å². The predicted molar refractivity (Wildman–Crippen MR) is 71.3 cm³/mol. The van der Waals surface area contributed by atoms with Gasteiger partial charge in [0.2, 0.25) is 0 Å². The molecule has 0 bridgehead atoms. The molecule has 106 valence electrons. The molecule has 0 unspecified atom stereocenters. The number of nitrogens with one attached hydrogen (secondary N) is 1. The van der Waals surface area contributed by atoms with Crippen LogP contribution in [0.4, 0.5) is 18.9 Å². The Labute approximate surface area is 121 Å². The summed E-state index contributed by atoms with van der Waals surface area (Å²) in [6.07, 6.45) is -4.61. The van der Waals surface area contributed by atoms with Crippen LogP contribution < -0.4 is 5.32 Å². The van der Waals surface area contributed by atoms with E-state index in [1.165, 1.54) is 22.9 Å². The topological polar surface area (TPSA) is 42.0 Å². The fourth-order valence-corrected chi connectivity index (χ4v) is 2.31. The SMILES string of the molecule is Cc1scnc1C(=O)Nc1ccc(Cl)cc1C(F)(F)F. The smallest absolute Gasteiger partial charge is 0.320 e. The number of halogens is 4. The van der Waals surface area contributed by atoms with Gasteiger partial charge in [0, 0.05) is 9.90 Å². The maximum absolute atomic E-state index is 12.9. The van der Waals surface area contributed by atoms with Gasteiger partial charge in [0.05, 0.1) is 16.8 Å². The monoisotopic (exact) mass is 320 g/mol. The molecular weight excluding hydrogens is 313 g/mol. The lowest BCUT2D eigenvalue weighted by atomic mass is 10.1. The van der Waals surface area contributed by atoms with E-state index in [2.05, 4.69) is 10.3 Å². The van der Waals surface area contributed by atoms with Crippen molar-refractivity contribution in [2.75, 3.05) is 5.32 Å². The summed E-state index contributed by atoms with van der Waals surface area (Å²) in [4.78, 5) is 16.3. The third-order valence-corrected chi connectivity index (χ3v) is 3.49. The number of aryl methyl sites for hydroxylation is 1. The summed E-state index contributed by atoms with van der Waals surface area (Å²) in [6.45, 7) is 1.67. The minimum Gasteiger partial charge on any atom is -0.320 e. The van der Waals surface area contributed by atoms with Crippen LogP contribution in [0.5, 0.6) is 0 Å². The molecule has 1 heterocycles. The number of anilines is 1. The summed E-state index contributed by atoms with van der Waals surface area (Å²) >= 11 is 6.80. The summed E-state index contributed by atoms with van der Waals surface area (Å²) < 4.78 is 38.6. The number of carbonyl (C=O) groups excluding carboxylic acids is 1. The van der Waals surface area contributed by atoms with Crippen LogP contribution in [0.3, 0.4) is 0 Å². The lowest BCUT2D eigenvalue weighted by Crippen LogP contribution is -2.17. The fraction of sp³-hybridized carbons (Fsp3) is 0.167. The number of hydrogen-bond donors (Lipinski definition) is 1. The van der Waals surface area contributed by atoms with Crippen molar-refractivity contribution < 1.29 is 18.0 Å². The molecule has 8 heteroatoms. The van der Waals surface area contributed by atoms with Gasteiger partial charge in [-0.15, -0.1) is 11.3 Å². The molecule has 0 saturated heterocycles. The van der Waals surface area contributed by atoms with Crippen LogP contribution >= 0.6 is 22.9 Å². The molecule has 0 atom stereocenters. The number of benzene rings is 1. The summed E-state index contributed by atoms with van der Waals surface area (Å²) in [7, 11) is 0. The third-order valence-electron chi connectivity index (χ3n) is 2.50. The highest BCUT2D eigenvalue weighted by Crippen LogP contribution is 2.36. The van der Waals surface area contributed by atoms with E-state index in [0.29, 0.717) is 4.88 Å². The predicted octanol–water partition coefficient (Wildman–Crippen LogP) is 4.38. The average Bonchev–Trinajstić information content (AvgIpc) is 2.76. The number of thiazole rings is 1. The average molecular weight is 321 g/mol. The number of hydrogen-bond acceptors (Lipinski definition) is 3. The Morgan fingerprint density at radius 3 is 2.65 bits per heavy atom. The van der Waals surface area contributed by atoms with Crippen LogP contribution in [0.25, 0.3) is 0 Å². The third kappa shape index (κ3) is 3.10. The molecular formula is C12H8ClF3N2OS. The van der Waals surface area contributed by atoms with E-state index in [-0.39, 0.29) is 16.4 Å². The number of nitrogens with zero attached hydrogens (tertiary/aromatic N) is 1. The molecule has 0 aliphatic rings. The van der Waals surface area contributed by atoms with Crippen LogP contribution in [0.15, 0.2) is 23.7 Å². The summed E-state index contributed by atoms with van der Waals surface area (Å²) in [5.74, 6) is -0.684. The minimum atomic E-state index is -4.61. The number of aromatic nitrogens is 1. The molecule has 20 heavy (non-hydrogen) atoms. The van der Waals surface area contributed by atoms with E-state index in [9.17, 15) is 18.0 Å². The van der Waals surface area contributed by atoms with E-state index in [1.54, 1.807) is 6.92 Å². The normalized spacial score (nSPS) is 11.4. The van der Waals surface area contributed by atoms with Crippen molar-refractivity contribution in [1.82, 2.24) is 4.98 Å². The van der Waals surface area contributed by atoms with Crippen LogP contribution in [-0.4, -0.2) is 10.9 Å². The van der Waals surface area contributed by atoms with Gasteiger partial charge in [0.25, 0.3) is 5.91 Å². The van der Waals surface area contributed by atoms with Crippen molar-refractivity contribution in [2.24, 2.45) is 0 Å². The number of amides is 1. The van der Waals surface area contributed by atoms with Crippen molar-refractivity contribution in [3.63, 3.8) is 0 Å². The maximum Gasteiger partial charge on any atom is 0.418 e. The molecule has 0 aliphatic carbocycles. The zero-order chi connectivity index (χ0) is 14.9. The van der Waals surface area contributed by atoms with Crippen molar-refractivity contribution in [3.8, 4) is 0 Å². The second-order valence-corrected chi connectivity index (χ2v) is 5.39. The molecule has 2 rings (SSSR count). The summed E-state index contributed by atoms with van der Waals surface area (Å²) in [5.41, 5.74) is 0.222. The summed E-state index contributed by atoms with van der Waals surface area (Å²) in [5, 5.41) is 2.16. The van der Waals surface area contributed by atoms with Gasteiger partial charge in [-0.2, -0.15) is 13.2 Å². The summed E-state index contributed by atoms with van der Waals surface area (Å²) in [6, 6.07) is 3.16. The van der Waals surface area contributed by atoms with E-state index in [4.69, 9.17) is 11.6 Å². The first-order valence-corrected chi connectivity index (χ1v) is 6.63. The number of alkyl halides is 3. The van der Waals surface area contributed by atoms with Gasteiger partial charge in [-0.1, -0.05) is 11.6 Å². The Kier molecular flexibility index (Phi) is 4.01. The minimum absolute atomic E-state index is 0.0554. The second kappa shape index (κ2) is 5.41. The van der Waals surface area contributed by atoms with E-state index >= 15 is 0 Å². The Morgan fingerprint density at radius 2 is 2.10 bits per heavy atom. The molecule has 2 aromatic rings. The Morgan fingerprint density at radius 1 is 1.40 bits per heavy atom. The van der Waals surface area contributed by atoms with Gasteiger partial charge < -0.3 is 5.32 Å². The largest absolute Gasteiger partial charge is 0.418 e. The maximum atomic E-state index is 12.9. The molecule has 1 N–H and O–H groups in total. The first-order valence-electron chi connectivity index (χ1n) is 5.37. The highest BCUT2D eigenvalue weighted by molar-refractivity contribution is 7.09. The second-order valence-electron chi connectivity index (χ2n) is 3.90. The van der Waals surface area contributed by atoms with Gasteiger partial charge in [-0.3, -0.25) is 4.79 Å². The van der Waals surface area contributed by atoms with Gasteiger partial charge in [-0.05, 0) is 25.1 Å². The van der Waals surface area contributed by atoms with Gasteiger partial charge in [0.15, 0.2) is 0 Å². The van der Waals surface area contributed by atoms with Crippen LogP contribution in [-0.2, 0) is 6.18 Å². The number of carbonyl (C=O) groups is 1. The molecule has 0 spiro atoms. The molecule has 1 aromatic carbocycles. The lowest BCUT2D eigenvalue weighted by molar-refractivity contribution is -0.136. The van der Waals surface area contributed by atoms with Crippen LogP contribution in [0.2, 0.25) is 5.02 Å². The Hall–Kier alpha value is -1.60. The molecule has 0 aliphatic heterocycles. The highest BCUT2D eigenvalue weighted by Gasteiger charge is 2.34. The molecule has 3 nitrogen and oxygen atoms in total. The zero-order valence-corrected chi connectivity index (χ0v) is 11.7. The molecule has 1 aromatic heterocycles. The fourth-order valence-electron chi connectivity index (χ4n) is 1.56. The molecule has 0 radical (unpaired) electrons. The Balaban J connectivity index is 2.35. The van der Waals surface area contributed by atoms with Crippen LogP contribution in [0.1, 0.15) is 20.9 Å². The first-order chi connectivity index (χ1) is 9.29. The first kappa shape index (κ1) is 14.8. The van der Waals surface area contributed by atoms with Crippen molar-refractivity contribution in [3.05, 3.63) is 44.9 Å². The van der Waals surface area contributed by atoms with Crippen molar-refractivity contribution >= 4 is 34.5 Å². The van der Waals surface area contributed by atoms with E-state index < -0.39 is 17.6 Å². The van der Waals surface area contributed by atoms with Gasteiger partial charge in [0.1, 0.15) is 5.69 Å². The van der Waals surface area contributed by atoms with Gasteiger partial charge in [-0.25, -0.2) is 4.98 Å². The van der Waals surface area contributed by atoms with Gasteiger partial charge >= 0.3 is 6.18 Å². The quantitative estimate of drug-likeness (QED) is 0.892. The van der Waals surface area contributed by atoms with Crippen LogP contribution in [0, 0.1) is 6.92 Å². The molecule has 0 saturated carbocycles. The lowest BCUT2D eigenvalue weighted by Gasteiger charge is -2.13. The Bertz CT molecular complexity index is 654. The zero-order valence-electron chi connectivity index (χ0n) is 10.1.